The first-order chi connectivity index (χ1) is 24.2. The van der Waals surface area contributed by atoms with Gasteiger partial charge in [-0.2, -0.15) is 0 Å². The number of methoxy groups -OCH3 is 2. The Hall–Kier alpha value is -4.65. The number of carbonyl (C=O) groups excluding carboxylic acids is 3. The van der Waals surface area contributed by atoms with Gasteiger partial charge in [0.05, 0.1) is 53.5 Å². The standard InChI is InChI=1S/C36H35Cl2N7O5/c1-49-33-25(11-3-6-20-12-13-29(46)41-20)39-15-26(42-33)23-9-4-7-21(31(23)37)22-8-5-10-24(32(22)38)27-16-40-28(34(43-27)50-2)17-45-18-36(19-45)14-30(47)44-35(36)48/h4-5,7-10,15-16,20H,3,6,11-14,17-19H2,1-2H3,(H,41,46)(H,44,47,48)/t20-/m1/s1. The van der Waals surface area contributed by atoms with Crippen LogP contribution in [0.4, 0.5) is 0 Å². The summed E-state index contributed by atoms with van der Waals surface area (Å²) < 4.78 is 11.2. The largest absolute Gasteiger partial charge is 0.480 e. The summed E-state index contributed by atoms with van der Waals surface area (Å²) in [5.74, 6) is 0.451. The average Bonchev–Trinajstić information content (AvgIpc) is 3.65. The fraction of sp³-hybridized carbons (Fsp3) is 0.361. The Morgan fingerprint density at radius 3 is 1.96 bits per heavy atom. The lowest BCUT2D eigenvalue weighted by atomic mass is 9.78. The number of hydrogen-bond acceptors (Lipinski definition) is 10. The van der Waals surface area contributed by atoms with Gasteiger partial charge in [-0.1, -0.05) is 59.6 Å². The van der Waals surface area contributed by atoms with Crippen molar-refractivity contribution in [3.05, 3.63) is 70.2 Å². The fourth-order valence-corrected chi connectivity index (χ4v) is 7.67. The molecule has 1 atom stereocenters. The van der Waals surface area contributed by atoms with Crippen LogP contribution in [0.15, 0.2) is 48.8 Å². The van der Waals surface area contributed by atoms with Gasteiger partial charge in [0.2, 0.25) is 29.5 Å². The topological polar surface area (TPSA) is 149 Å². The monoisotopic (exact) mass is 715 g/mol. The Labute approximate surface area is 298 Å². The fourth-order valence-electron chi connectivity index (χ4n) is 7.03. The molecule has 12 nitrogen and oxygen atoms in total. The van der Waals surface area contributed by atoms with Crippen LogP contribution in [0.5, 0.6) is 11.8 Å². The lowest BCUT2D eigenvalue weighted by molar-refractivity contribution is -0.137. The zero-order chi connectivity index (χ0) is 35.0. The molecule has 4 aromatic rings. The van der Waals surface area contributed by atoms with Crippen LogP contribution in [0.3, 0.4) is 0 Å². The SMILES string of the molecule is COc1nc(-c2cccc(-c3cccc(-c4cnc(CN5CC6(CC(=O)NC6=O)C5)c(OC)n4)c3Cl)c2Cl)cnc1CCC[C@@H]1CCC(=O)N1. The Kier molecular flexibility index (Phi) is 9.42. The predicted octanol–water partition coefficient (Wildman–Crippen LogP) is 5.04. The van der Waals surface area contributed by atoms with Gasteiger partial charge in [-0.15, -0.1) is 0 Å². The molecule has 3 aliphatic heterocycles. The number of benzene rings is 2. The number of nitrogens with zero attached hydrogens (tertiary/aromatic N) is 5. The number of hydrogen-bond donors (Lipinski definition) is 2. The highest BCUT2D eigenvalue weighted by Crippen LogP contribution is 2.43. The third-order valence-corrected chi connectivity index (χ3v) is 10.4. The van der Waals surface area contributed by atoms with E-state index in [1.54, 1.807) is 19.5 Å². The van der Waals surface area contributed by atoms with E-state index < -0.39 is 5.41 Å². The Bertz CT molecular complexity index is 2000. The maximum atomic E-state index is 12.2. The van der Waals surface area contributed by atoms with Crippen LogP contribution in [0.2, 0.25) is 10.0 Å². The zero-order valence-electron chi connectivity index (χ0n) is 27.6. The molecule has 3 saturated heterocycles. The molecule has 7 rings (SSSR count). The number of ether oxygens (including phenoxy) is 2. The number of aryl methyl sites for hydroxylation is 1. The second-order valence-electron chi connectivity index (χ2n) is 12.9. The van der Waals surface area contributed by atoms with E-state index in [1.807, 2.05) is 41.3 Å². The molecule has 14 heteroatoms. The number of carbonyl (C=O) groups is 3. The highest BCUT2D eigenvalue weighted by Gasteiger charge is 2.54. The Morgan fingerprint density at radius 1 is 0.840 bits per heavy atom. The van der Waals surface area contributed by atoms with Crippen molar-refractivity contribution in [1.82, 2.24) is 35.5 Å². The third-order valence-electron chi connectivity index (χ3n) is 9.56. The van der Waals surface area contributed by atoms with Gasteiger partial charge in [0.25, 0.3) is 0 Å². The van der Waals surface area contributed by atoms with Crippen molar-refractivity contribution in [3.63, 3.8) is 0 Å². The molecule has 0 unspecified atom stereocenters. The third kappa shape index (κ3) is 6.50. The molecule has 0 aliphatic carbocycles. The Morgan fingerprint density at radius 2 is 1.42 bits per heavy atom. The molecule has 3 amide bonds. The molecule has 0 radical (unpaired) electrons. The summed E-state index contributed by atoms with van der Waals surface area (Å²) >= 11 is 14.1. The summed E-state index contributed by atoms with van der Waals surface area (Å²) in [5, 5.41) is 6.30. The van der Waals surface area contributed by atoms with Gasteiger partial charge in [-0.3, -0.25) is 34.6 Å². The molecule has 1 spiro atoms. The molecule has 258 valence electrons. The van der Waals surface area contributed by atoms with Crippen LogP contribution in [0.1, 0.15) is 43.5 Å². The molecule has 0 saturated carbocycles. The minimum absolute atomic E-state index is 0.113. The van der Waals surface area contributed by atoms with Crippen molar-refractivity contribution in [2.75, 3.05) is 27.3 Å². The summed E-state index contributed by atoms with van der Waals surface area (Å²) in [7, 11) is 3.10. The van der Waals surface area contributed by atoms with Gasteiger partial charge in [-0.05, 0) is 25.7 Å². The maximum absolute atomic E-state index is 12.2. The van der Waals surface area contributed by atoms with Crippen molar-refractivity contribution < 1.29 is 23.9 Å². The smallest absolute Gasteiger partial charge is 0.237 e. The molecule has 2 aromatic carbocycles. The lowest BCUT2D eigenvalue weighted by Gasteiger charge is -2.45. The Balaban J connectivity index is 1.10. The van der Waals surface area contributed by atoms with Crippen molar-refractivity contribution in [1.29, 1.82) is 0 Å². The molecule has 3 fully saturated rings. The zero-order valence-corrected chi connectivity index (χ0v) is 29.1. The number of aromatic nitrogens is 4. The first kappa shape index (κ1) is 33.8. The van der Waals surface area contributed by atoms with Crippen LogP contribution < -0.4 is 20.1 Å². The number of halogens is 2. The van der Waals surface area contributed by atoms with Gasteiger partial charge in [0.1, 0.15) is 11.4 Å². The van der Waals surface area contributed by atoms with Gasteiger partial charge in [0.15, 0.2) is 0 Å². The molecule has 0 bridgehead atoms. The van der Waals surface area contributed by atoms with E-state index in [0.717, 1.165) is 25.0 Å². The number of likely N-dealkylation sites (tertiary alicyclic amines) is 1. The predicted molar refractivity (Wildman–Crippen MR) is 187 cm³/mol. The molecular weight excluding hydrogens is 681 g/mol. The second kappa shape index (κ2) is 13.9. The molecule has 3 aliphatic rings. The minimum Gasteiger partial charge on any atom is -0.480 e. The van der Waals surface area contributed by atoms with Crippen LogP contribution >= 0.6 is 23.2 Å². The minimum atomic E-state index is -0.650. The van der Waals surface area contributed by atoms with Crippen molar-refractivity contribution in [2.45, 2.75) is 51.1 Å². The number of rotatable bonds is 11. The summed E-state index contributed by atoms with van der Waals surface area (Å²) in [6.07, 6.45) is 7.41. The van der Waals surface area contributed by atoms with Crippen molar-refractivity contribution in [3.8, 4) is 45.4 Å². The first-order valence-corrected chi connectivity index (χ1v) is 17.2. The van der Waals surface area contributed by atoms with Crippen LogP contribution in [0.25, 0.3) is 33.6 Å². The lowest BCUT2D eigenvalue weighted by Crippen LogP contribution is -2.59. The molecule has 2 N–H and O–H groups in total. The molecule has 2 aromatic heterocycles. The van der Waals surface area contributed by atoms with E-state index in [4.69, 9.17) is 42.6 Å². The molecular formula is C36H35Cl2N7O5. The van der Waals surface area contributed by atoms with E-state index in [9.17, 15) is 14.4 Å². The quantitative estimate of drug-likeness (QED) is 0.202. The molecule has 5 heterocycles. The summed E-state index contributed by atoms with van der Waals surface area (Å²) in [4.78, 5) is 56.3. The van der Waals surface area contributed by atoms with E-state index in [-0.39, 0.29) is 30.2 Å². The summed E-state index contributed by atoms with van der Waals surface area (Å²) in [5.41, 5.74) is 4.53. The number of amides is 3. The first-order valence-electron chi connectivity index (χ1n) is 16.4. The summed E-state index contributed by atoms with van der Waals surface area (Å²) in [6, 6.07) is 11.5. The van der Waals surface area contributed by atoms with Crippen LogP contribution in [-0.4, -0.2) is 75.9 Å². The van der Waals surface area contributed by atoms with E-state index in [1.165, 1.54) is 7.11 Å². The van der Waals surface area contributed by atoms with E-state index >= 15 is 0 Å². The highest BCUT2D eigenvalue weighted by molar-refractivity contribution is 6.39. The molecule has 50 heavy (non-hydrogen) atoms. The second-order valence-corrected chi connectivity index (χ2v) is 13.7. The van der Waals surface area contributed by atoms with Gasteiger partial charge < -0.3 is 14.8 Å². The van der Waals surface area contributed by atoms with Crippen molar-refractivity contribution >= 4 is 40.9 Å². The number of nitrogens with one attached hydrogen (secondary N) is 2. The van der Waals surface area contributed by atoms with E-state index in [2.05, 4.69) is 20.6 Å². The highest BCUT2D eigenvalue weighted by atomic mass is 35.5. The maximum Gasteiger partial charge on any atom is 0.237 e. The van der Waals surface area contributed by atoms with E-state index in [0.29, 0.717) is 93.6 Å². The van der Waals surface area contributed by atoms with Crippen LogP contribution in [-0.2, 0) is 27.3 Å². The normalized spacial score (nSPS) is 18.2. The van der Waals surface area contributed by atoms with Crippen molar-refractivity contribution in [2.24, 2.45) is 5.41 Å². The summed E-state index contributed by atoms with van der Waals surface area (Å²) in [6.45, 7) is 1.36. The average molecular weight is 717 g/mol. The van der Waals surface area contributed by atoms with Gasteiger partial charge in [0, 0.05) is 60.8 Å². The van der Waals surface area contributed by atoms with Gasteiger partial charge in [-0.25, -0.2) is 9.97 Å². The number of imide groups is 1. The van der Waals surface area contributed by atoms with Gasteiger partial charge >= 0.3 is 0 Å². The van der Waals surface area contributed by atoms with Crippen LogP contribution in [0, 0.1) is 5.41 Å².